The molecular weight excluding hydrogens is 280 g/mol. The number of nitrogens with zero attached hydrogens (tertiary/aromatic N) is 2. The van der Waals surface area contributed by atoms with Gasteiger partial charge < -0.3 is 9.67 Å². The molecule has 100 valence electrons. The van der Waals surface area contributed by atoms with Crippen LogP contribution in [0.3, 0.4) is 0 Å². The van der Waals surface area contributed by atoms with Crippen molar-refractivity contribution in [2.24, 2.45) is 0 Å². The maximum absolute atomic E-state index is 10.7. The van der Waals surface area contributed by atoms with Crippen molar-refractivity contribution in [2.45, 2.75) is 30.5 Å². The molecule has 0 saturated heterocycles. The molecule has 0 aliphatic heterocycles. The van der Waals surface area contributed by atoms with Gasteiger partial charge in [0.15, 0.2) is 5.16 Å². The lowest BCUT2D eigenvalue weighted by molar-refractivity contribution is -0.133. The number of aliphatic carboxylic acids is 1. The van der Waals surface area contributed by atoms with Crippen LogP contribution in [-0.2, 0) is 11.2 Å². The first kappa shape index (κ1) is 12.7. The minimum absolute atomic E-state index is 0.0558. The minimum atomic E-state index is -0.806. The molecule has 6 heteroatoms. The standard InChI is InChI=1S/C13H14N2O2S2/c16-12(17)8-19-13-14-5-6-15(13)10-2-1-3-11-9(10)4-7-18-11/h4-7,10H,1-3,8H2,(H,16,17). The van der Waals surface area contributed by atoms with Gasteiger partial charge >= 0.3 is 5.97 Å². The van der Waals surface area contributed by atoms with Crippen LogP contribution >= 0.6 is 23.1 Å². The number of carboxylic acid groups (broad SMARTS) is 1. The number of thioether (sulfide) groups is 1. The maximum Gasteiger partial charge on any atom is 0.313 e. The molecule has 0 saturated carbocycles. The normalized spacial score (nSPS) is 18.2. The highest BCUT2D eigenvalue weighted by molar-refractivity contribution is 7.99. The summed E-state index contributed by atoms with van der Waals surface area (Å²) in [5.41, 5.74) is 1.38. The van der Waals surface area contributed by atoms with E-state index < -0.39 is 5.97 Å². The van der Waals surface area contributed by atoms with Crippen LogP contribution in [-0.4, -0.2) is 26.4 Å². The number of carboxylic acids is 1. The summed E-state index contributed by atoms with van der Waals surface area (Å²) in [7, 11) is 0. The van der Waals surface area contributed by atoms with Crippen molar-refractivity contribution in [2.75, 3.05) is 5.75 Å². The summed E-state index contributed by atoms with van der Waals surface area (Å²) in [5, 5.41) is 11.7. The van der Waals surface area contributed by atoms with Crippen molar-refractivity contribution >= 4 is 29.1 Å². The second-order valence-corrected chi connectivity index (χ2v) is 6.45. The Labute approximate surface area is 119 Å². The molecule has 0 aromatic carbocycles. The highest BCUT2D eigenvalue weighted by Crippen LogP contribution is 2.37. The van der Waals surface area contributed by atoms with Crippen LogP contribution in [0.25, 0.3) is 0 Å². The van der Waals surface area contributed by atoms with Gasteiger partial charge in [-0.3, -0.25) is 4.79 Å². The zero-order valence-electron chi connectivity index (χ0n) is 10.3. The zero-order chi connectivity index (χ0) is 13.2. The van der Waals surface area contributed by atoms with Crippen LogP contribution in [0, 0.1) is 0 Å². The van der Waals surface area contributed by atoms with Gasteiger partial charge in [0.25, 0.3) is 0 Å². The fourth-order valence-corrected chi connectivity index (χ4v) is 4.23. The molecule has 2 heterocycles. The number of imidazole rings is 1. The number of thiophene rings is 1. The molecule has 0 radical (unpaired) electrons. The molecular formula is C13H14N2O2S2. The Morgan fingerprint density at radius 1 is 1.63 bits per heavy atom. The number of fused-ring (bicyclic) bond motifs is 1. The van der Waals surface area contributed by atoms with Gasteiger partial charge in [0.05, 0.1) is 11.8 Å². The maximum atomic E-state index is 10.7. The largest absolute Gasteiger partial charge is 0.481 e. The van der Waals surface area contributed by atoms with E-state index >= 15 is 0 Å². The Bertz CT molecular complexity index is 591. The van der Waals surface area contributed by atoms with Crippen LogP contribution in [0.5, 0.6) is 0 Å². The lowest BCUT2D eigenvalue weighted by Crippen LogP contribution is -2.16. The predicted molar refractivity (Wildman–Crippen MR) is 76.0 cm³/mol. The topological polar surface area (TPSA) is 55.1 Å². The molecule has 1 aliphatic rings. The number of hydrogen-bond acceptors (Lipinski definition) is 4. The molecule has 0 amide bonds. The monoisotopic (exact) mass is 294 g/mol. The summed E-state index contributed by atoms with van der Waals surface area (Å²) in [6.07, 6.45) is 7.16. The van der Waals surface area contributed by atoms with Gasteiger partial charge in [-0.25, -0.2) is 4.98 Å². The smallest absolute Gasteiger partial charge is 0.313 e. The summed E-state index contributed by atoms with van der Waals surface area (Å²) < 4.78 is 2.12. The minimum Gasteiger partial charge on any atom is -0.481 e. The molecule has 2 aromatic heterocycles. The molecule has 19 heavy (non-hydrogen) atoms. The molecule has 3 rings (SSSR count). The van der Waals surface area contributed by atoms with Crippen LogP contribution < -0.4 is 0 Å². The van der Waals surface area contributed by atoms with Crippen LogP contribution in [0.1, 0.15) is 29.3 Å². The van der Waals surface area contributed by atoms with E-state index in [4.69, 9.17) is 5.11 Å². The Morgan fingerprint density at radius 3 is 3.37 bits per heavy atom. The summed E-state index contributed by atoms with van der Waals surface area (Å²) in [5.74, 6) is -0.750. The van der Waals surface area contributed by atoms with Crippen LogP contribution in [0.2, 0.25) is 0 Å². The third-order valence-corrected chi connectivity index (χ3v) is 5.28. The summed E-state index contributed by atoms with van der Waals surface area (Å²) in [6, 6.07) is 2.50. The quantitative estimate of drug-likeness (QED) is 0.881. The number of aryl methyl sites for hydroxylation is 1. The first-order valence-corrected chi connectivity index (χ1v) is 8.06. The van der Waals surface area contributed by atoms with E-state index in [1.54, 1.807) is 6.20 Å². The fraction of sp³-hybridized carbons (Fsp3) is 0.385. The molecule has 1 atom stereocenters. The first-order valence-electron chi connectivity index (χ1n) is 6.19. The third-order valence-electron chi connectivity index (χ3n) is 3.31. The van der Waals surface area contributed by atoms with Crippen molar-refractivity contribution in [3.63, 3.8) is 0 Å². The van der Waals surface area contributed by atoms with E-state index in [0.717, 1.165) is 18.0 Å². The molecule has 2 aromatic rings. The predicted octanol–water partition coefficient (Wildman–Crippen LogP) is 3.05. The van der Waals surface area contributed by atoms with E-state index in [1.165, 1.54) is 28.6 Å². The average molecular weight is 294 g/mol. The van der Waals surface area contributed by atoms with Gasteiger partial charge in [0.2, 0.25) is 0 Å². The first-order chi connectivity index (χ1) is 9.25. The average Bonchev–Trinajstić information content (AvgIpc) is 3.04. The molecule has 0 spiro atoms. The van der Waals surface area contributed by atoms with E-state index in [-0.39, 0.29) is 5.75 Å². The van der Waals surface area contributed by atoms with Gasteiger partial charge in [0, 0.05) is 17.3 Å². The molecule has 0 fully saturated rings. The zero-order valence-corrected chi connectivity index (χ0v) is 11.9. The second kappa shape index (κ2) is 5.38. The van der Waals surface area contributed by atoms with Crippen LogP contribution in [0.15, 0.2) is 29.0 Å². The van der Waals surface area contributed by atoms with E-state index in [2.05, 4.69) is 21.0 Å². The van der Waals surface area contributed by atoms with Crippen molar-refractivity contribution in [1.29, 1.82) is 0 Å². The van der Waals surface area contributed by atoms with Gasteiger partial charge in [-0.15, -0.1) is 11.3 Å². The molecule has 0 bridgehead atoms. The van der Waals surface area contributed by atoms with Crippen molar-refractivity contribution in [1.82, 2.24) is 9.55 Å². The van der Waals surface area contributed by atoms with Crippen LogP contribution in [0.4, 0.5) is 0 Å². The van der Waals surface area contributed by atoms with E-state index in [9.17, 15) is 4.79 Å². The SMILES string of the molecule is O=C(O)CSc1nccn1C1CCCc2sccc21. The van der Waals surface area contributed by atoms with Crippen molar-refractivity contribution in [3.8, 4) is 0 Å². The van der Waals surface area contributed by atoms with Crippen molar-refractivity contribution < 1.29 is 9.90 Å². The highest BCUT2D eigenvalue weighted by atomic mass is 32.2. The van der Waals surface area contributed by atoms with Gasteiger partial charge in [-0.05, 0) is 36.3 Å². The number of aromatic nitrogens is 2. The third kappa shape index (κ3) is 2.55. The Morgan fingerprint density at radius 2 is 2.53 bits per heavy atom. The summed E-state index contributed by atoms with van der Waals surface area (Å²) >= 11 is 3.10. The van der Waals surface area contributed by atoms with Gasteiger partial charge in [-0.2, -0.15) is 0 Å². The number of carbonyl (C=O) groups is 1. The van der Waals surface area contributed by atoms with Gasteiger partial charge in [0.1, 0.15) is 0 Å². The molecule has 1 aliphatic carbocycles. The van der Waals surface area contributed by atoms with E-state index in [1.807, 2.05) is 17.5 Å². The van der Waals surface area contributed by atoms with Crippen molar-refractivity contribution in [3.05, 3.63) is 34.3 Å². The Kier molecular flexibility index (Phi) is 3.61. The summed E-state index contributed by atoms with van der Waals surface area (Å²) in [6.45, 7) is 0. The highest BCUT2D eigenvalue weighted by Gasteiger charge is 2.24. The Balaban J connectivity index is 1.88. The lowest BCUT2D eigenvalue weighted by atomic mass is 9.94. The number of hydrogen-bond donors (Lipinski definition) is 1. The fourth-order valence-electron chi connectivity index (χ4n) is 2.53. The second-order valence-electron chi connectivity index (χ2n) is 4.51. The van der Waals surface area contributed by atoms with Gasteiger partial charge in [-0.1, -0.05) is 11.8 Å². The Hall–Kier alpha value is -1.27. The lowest BCUT2D eigenvalue weighted by Gasteiger charge is -2.25. The van der Waals surface area contributed by atoms with E-state index in [0.29, 0.717) is 6.04 Å². The summed E-state index contributed by atoms with van der Waals surface area (Å²) in [4.78, 5) is 16.4. The number of rotatable bonds is 4. The molecule has 4 nitrogen and oxygen atoms in total. The molecule has 1 unspecified atom stereocenters. The molecule has 1 N–H and O–H groups in total.